The number of ketones is 1. The first-order valence-corrected chi connectivity index (χ1v) is 9.10. The number of hydrogen-bond acceptors (Lipinski definition) is 3. The van der Waals surface area contributed by atoms with Crippen molar-refractivity contribution in [1.82, 2.24) is 0 Å². The van der Waals surface area contributed by atoms with Gasteiger partial charge in [-0.15, -0.1) is 0 Å². The molecule has 0 amide bonds. The summed E-state index contributed by atoms with van der Waals surface area (Å²) in [5.41, 5.74) is 2.12. The van der Waals surface area contributed by atoms with E-state index < -0.39 is 0 Å². The lowest BCUT2D eigenvalue weighted by atomic mass is 9.46. The number of rotatable bonds is 0. The van der Waals surface area contributed by atoms with Gasteiger partial charge in [-0.25, -0.2) is 0 Å². The zero-order valence-corrected chi connectivity index (χ0v) is 13.5. The van der Waals surface area contributed by atoms with E-state index in [1.165, 1.54) is 31.3 Å². The molecule has 3 saturated carbocycles. The molecule has 4 aliphatic carbocycles. The van der Waals surface area contributed by atoms with Crippen LogP contribution in [0, 0.1) is 22.7 Å². The van der Waals surface area contributed by atoms with Crippen molar-refractivity contribution in [2.75, 3.05) is 13.2 Å². The molecule has 5 aliphatic rings. The summed E-state index contributed by atoms with van der Waals surface area (Å²) >= 11 is 0. The van der Waals surface area contributed by atoms with Crippen molar-refractivity contribution < 1.29 is 14.3 Å². The average molecular weight is 302 g/mol. The summed E-state index contributed by atoms with van der Waals surface area (Å²) in [6.07, 6.45) is 11.0. The SMILES string of the molecule is C[C@]12CCC(=O)C=C1CC[C@H]1CC3C[C@@]12CCC31OCCO1. The molecule has 1 unspecified atom stereocenters. The van der Waals surface area contributed by atoms with Crippen LogP contribution in [0.3, 0.4) is 0 Å². The molecule has 3 heteroatoms. The maximum absolute atomic E-state index is 11.9. The van der Waals surface area contributed by atoms with E-state index in [1.807, 2.05) is 6.08 Å². The van der Waals surface area contributed by atoms with Gasteiger partial charge >= 0.3 is 0 Å². The molecule has 3 nitrogen and oxygen atoms in total. The molecule has 2 bridgehead atoms. The first kappa shape index (κ1) is 13.7. The third-order valence-corrected chi connectivity index (χ3v) is 8.06. The van der Waals surface area contributed by atoms with Crippen molar-refractivity contribution in [3.8, 4) is 0 Å². The fourth-order valence-corrected chi connectivity index (χ4v) is 6.90. The van der Waals surface area contributed by atoms with Gasteiger partial charge in [0.25, 0.3) is 0 Å². The zero-order chi connectivity index (χ0) is 15.0. The van der Waals surface area contributed by atoms with Crippen molar-refractivity contribution in [2.24, 2.45) is 22.7 Å². The molecular formula is C19H26O3. The van der Waals surface area contributed by atoms with Gasteiger partial charge in [0.2, 0.25) is 0 Å². The van der Waals surface area contributed by atoms with E-state index >= 15 is 0 Å². The second-order valence-corrected chi connectivity index (χ2v) is 8.51. The zero-order valence-electron chi connectivity index (χ0n) is 13.5. The van der Waals surface area contributed by atoms with Crippen LogP contribution in [0.5, 0.6) is 0 Å². The number of hydrogen-bond donors (Lipinski definition) is 0. The fraction of sp³-hybridized carbons (Fsp3) is 0.842. The van der Waals surface area contributed by atoms with E-state index in [2.05, 4.69) is 6.92 Å². The molecular weight excluding hydrogens is 276 g/mol. The molecule has 4 atom stereocenters. The van der Waals surface area contributed by atoms with Crippen LogP contribution in [0.2, 0.25) is 0 Å². The largest absolute Gasteiger partial charge is 0.347 e. The van der Waals surface area contributed by atoms with Gasteiger partial charge in [-0.1, -0.05) is 12.5 Å². The lowest BCUT2D eigenvalue weighted by Crippen LogP contribution is -2.52. The quantitative estimate of drug-likeness (QED) is 0.685. The fourth-order valence-electron chi connectivity index (χ4n) is 6.90. The minimum absolute atomic E-state index is 0.249. The van der Waals surface area contributed by atoms with Crippen molar-refractivity contribution in [3.63, 3.8) is 0 Å². The monoisotopic (exact) mass is 302 g/mol. The van der Waals surface area contributed by atoms with Crippen LogP contribution in [0.4, 0.5) is 0 Å². The Bertz CT molecular complexity index is 559. The molecule has 0 aromatic rings. The molecule has 1 aliphatic heterocycles. The van der Waals surface area contributed by atoms with E-state index in [0.29, 0.717) is 17.1 Å². The van der Waals surface area contributed by atoms with Crippen LogP contribution in [0.1, 0.15) is 58.3 Å². The number of carbonyl (C=O) groups is 1. The summed E-state index contributed by atoms with van der Waals surface area (Å²) in [5, 5.41) is 0. The maximum atomic E-state index is 11.9. The van der Waals surface area contributed by atoms with Crippen molar-refractivity contribution >= 4 is 5.78 Å². The maximum Gasteiger partial charge on any atom is 0.171 e. The van der Waals surface area contributed by atoms with Crippen LogP contribution in [-0.4, -0.2) is 24.8 Å². The minimum Gasteiger partial charge on any atom is -0.347 e. The van der Waals surface area contributed by atoms with Gasteiger partial charge in [-0.05, 0) is 61.3 Å². The Kier molecular flexibility index (Phi) is 2.65. The normalized spacial score (nSPS) is 49.0. The summed E-state index contributed by atoms with van der Waals surface area (Å²) in [6.45, 7) is 4.00. The van der Waals surface area contributed by atoms with Gasteiger partial charge in [-0.3, -0.25) is 4.79 Å². The summed E-state index contributed by atoms with van der Waals surface area (Å²) in [6, 6.07) is 0. The van der Waals surface area contributed by atoms with Crippen molar-refractivity contribution in [2.45, 2.75) is 64.1 Å². The van der Waals surface area contributed by atoms with E-state index in [9.17, 15) is 4.79 Å². The van der Waals surface area contributed by atoms with Gasteiger partial charge in [0.05, 0.1) is 13.2 Å². The van der Waals surface area contributed by atoms with Crippen LogP contribution in [0.25, 0.3) is 0 Å². The Hall–Kier alpha value is -0.670. The van der Waals surface area contributed by atoms with Crippen LogP contribution in [0.15, 0.2) is 11.6 Å². The number of allylic oxidation sites excluding steroid dienone is 2. The first-order valence-electron chi connectivity index (χ1n) is 9.10. The lowest BCUT2D eigenvalue weighted by Gasteiger charge is -2.58. The van der Waals surface area contributed by atoms with Gasteiger partial charge < -0.3 is 9.47 Å². The molecule has 5 rings (SSSR count). The molecule has 2 spiro atoms. The second-order valence-electron chi connectivity index (χ2n) is 8.51. The Morgan fingerprint density at radius 2 is 1.91 bits per heavy atom. The number of ether oxygens (including phenoxy) is 2. The smallest absolute Gasteiger partial charge is 0.171 e. The molecule has 120 valence electrons. The Morgan fingerprint density at radius 3 is 2.73 bits per heavy atom. The van der Waals surface area contributed by atoms with Gasteiger partial charge in [0.1, 0.15) is 0 Å². The highest BCUT2D eigenvalue weighted by Gasteiger charge is 2.67. The summed E-state index contributed by atoms with van der Waals surface area (Å²) in [7, 11) is 0. The molecule has 0 radical (unpaired) electrons. The highest BCUT2D eigenvalue weighted by molar-refractivity contribution is 5.91. The molecule has 22 heavy (non-hydrogen) atoms. The van der Waals surface area contributed by atoms with Gasteiger partial charge in [0, 0.05) is 18.8 Å². The van der Waals surface area contributed by atoms with Gasteiger partial charge in [-0.2, -0.15) is 0 Å². The third kappa shape index (κ3) is 1.48. The van der Waals surface area contributed by atoms with E-state index in [-0.39, 0.29) is 11.2 Å². The molecule has 0 N–H and O–H groups in total. The first-order chi connectivity index (χ1) is 10.6. The van der Waals surface area contributed by atoms with E-state index in [4.69, 9.17) is 9.47 Å². The Morgan fingerprint density at radius 1 is 1.09 bits per heavy atom. The number of fused-ring (bicyclic) bond motifs is 3. The third-order valence-electron chi connectivity index (χ3n) is 8.06. The molecule has 4 fully saturated rings. The number of carbonyl (C=O) groups excluding carboxylic acids is 1. The topological polar surface area (TPSA) is 35.5 Å². The van der Waals surface area contributed by atoms with Crippen molar-refractivity contribution in [3.05, 3.63) is 11.6 Å². The molecule has 0 aromatic carbocycles. The predicted molar refractivity (Wildman–Crippen MR) is 82.2 cm³/mol. The molecule has 1 heterocycles. The van der Waals surface area contributed by atoms with Crippen LogP contribution < -0.4 is 0 Å². The average Bonchev–Trinajstić information content (AvgIpc) is 3.09. The molecule has 0 aromatic heterocycles. The Labute approximate surface area is 132 Å². The minimum atomic E-state index is -0.257. The molecule has 1 saturated heterocycles. The Balaban J connectivity index is 1.56. The highest BCUT2D eigenvalue weighted by Crippen LogP contribution is 2.73. The van der Waals surface area contributed by atoms with Crippen LogP contribution >= 0.6 is 0 Å². The lowest BCUT2D eigenvalue weighted by molar-refractivity contribution is -0.221. The summed E-state index contributed by atoms with van der Waals surface area (Å²) < 4.78 is 12.2. The predicted octanol–water partition coefficient (Wildman–Crippen LogP) is 3.63. The highest BCUT2D eigenvalue weighted by atomic mass is 16.7. The van der Waals surface area contributed by atoms with E-state index in [0.717, 1.165) is 44.8 Å². The van der Waals surface area contributed by atoms with Gasteiger partial charge in [0.15, 0.2) is 11.6 Å². The van der Waals surface area contributed by atoms with Crippen LogP contribution in [-0.2, 0) is 14.3 Å². The standard InChI is InChI=1S/C19H26O3/c1-17-5-4-16(20)11-13(17)2-3-14-10-15-12-18(14,17)6-7-19(15)21-8-9-22-19/h11,14-15H,2-10,12H2,1H3/t14-,15?,17-,18-/m0/s1. The van der Waals surface area contributed by atoms with Crippen molar-refractivity contribution in [1.29, 1.82) is 0 Å². The van der Waals surface area contributed by atoms with E-state index in [1.54, 1.807) is 0 Å². The summed E-state index contributed by atoms with van der Waals surface area (Å²) in [4.78, 5) is 11.9. The summed E-state index contributed by atoms with van der Waals surface area (Å²) in [5.74, 6) is 1.47. The second kappa shape index (κ2) is 4.24.